The molecule has 2 N–H and O–H groups in total. The Hall–Kier alpha value is -2.22. The lowest BCUT2D eigenvalue weighted by Crippen LogP contribution is -2.05. The van der Waals surface area contributed by atoms with E-state index in [0.29, 0.717) is 15.7 Å². The largest absolute Gasteiger partial charge is 0.445 e. The zero-order chi connectivity index (χ0) is 18.6. The molecule has 2 aromatic heterocycles. The van der Waals surface area contributed by atoms with Crippen LogP contribution in [0.2, 0.25) is 5.02 Å². The van der Waals surface area contributed by atoms with Gasteiger partial charge in [0.25, 0.3) is 0 Å². The number of para-hydroxylation sites is 1. The third-order valence-electron chi connectivity index (χ3n) is 3.93. The molecule has 138 valence electrons. The molecule has 5 nitrogen and oxygen atoms in total. The maximum atomic E-state index is 12.7. The zero-order valence-electron chi connectivity index (χ0n) is 14.1. The fraction of sp³-hybridized carbons (Fsp3) is 0.105. The standard InChI is InChI=1S/C19H16ClN3O2S2/c20-15-5-6-18(26-8-7-13-11-21-22-12-13)16(10-15)23-27(24)19-9-14-3-1-2-4-17(14)25-19/h1-6,9-12,23H,7-8H2,(H,21,22). The Morgan fingerprint density at radius 1 is 1.22 bits per heavy atom. The number of thioether (sulfide) groups is 1. The number of aromatic nitrogens is 2. The SMILES string of the molecule is O=S(Nc1cc(Cl)ccc1SCCc1cn[nH]c1)c1cc2ccccc2o1. The van der Waals surface area contributed by atoms with Gasteiger partial charge in [0, 0.05) is 33.3 Å². The van der Waals surface area contributed by atoms with Crippen molar-refractivity contribution in [2.24, 2.45) is 0 Å². The number of benzene rings is 2. The van der Waals surface area contributed by atoms with E-state index in [1.807, 2.05) is 48.8 Å². The van der Waals surface area contributed by atoms with Crippen LogP contribution in [0.25, 0.3) is 11.0 Å². The summed E-state index contributed by atoms with van der Waals surface area (Å²) < 4.78 is 21.5. The average Bonchev–Trinajstić information content (AvgIpc) is 3.33. The highest BCUT2D eigenvalue weighted by molar-refractivity contribution is 7.99. The molecule has 27 heavy (non-hydrogen) atoms. The molecule has 1 atom stereocenters. The van der Waals surface area contributed by atoms with Crippen molar-refractivity contribution >= 4 is 51.0 Å². The van der Waals surface area contributed by atoms with Crippen molar-refractivity contribution in [2.45, 2.75) is 16.4 Å². The van der Waals surface area contributed by atoms with Crippen LogP contribution in [-0.2, 0) is 17.4 Å². The fourth-order valence-corrected chi connectivity index (χ4v) is 4.69. The third kappa shape index (κ3) is 4.37. The van der Waals surface area contributed by atoms with Crippen molar-refractivity contribution < 1.29 is 8.63 Å². The number of halogens is 1. The molecular formula is C19H16ClN3O2S2. The first-order valence-corrected chi connectivity index (χ1v) is 10.8. The Bertz CT molecular complexity index is 1050. The van der Waals surface area contributed by atoms with E-state index in [-0.39, 0.29) is 0 Å². The van der Waals surface area contributed by atoms with E-state index in [1.54, 1.807) is 23.9 Å². The first-order valence-electron chi connectivity index (χ1n) is 8.26. The van der Waals surface area contributed by atoms with E-state index in [2.05, 4.69) is 14.9 Å². The Balaban J connectivity index is 1.49. The van der Waals surface area contributed by atoms with Crippen molar-refractivity contribution in [2.75, 3.05) is 10.5 Å². The van der Waals surface area contributed by atoms with Crippen LogP contribution in [0, 0.1) is 0 Å². The third-order valence-corrected chi connectivity index (χ3v) is 6.22. The van der Waals surface area contributed by atoms with Crippen LogP contribution in [0.4, 0.5) is 5.69 Å². The molecule has 0 saturated carbocycles. The number of fused-ring (bicyclic) bond motifs is 1. The minimum atomic E-state index is -1.52. The van der Waals surface area contributed by atoms with Crippen LogP contribution in [0.1, 0.15) is 5.56 Å². The number of hydrogen-bond acceptors (Lipinski definition) is 4. The Morgan fingerprint density at radius 3 is 2.93 bits per heavy atom. The minimum absolute atomic E-state index is 0.380. The van der Waals surface area contributed by atoms with Crippen molar-refractivity contribution in [1.29, 1.82) is 0 Å². The number of anilines is 1. The predicted molar refractivity (Wildman–Crippen MR) is 111 cm³/mol. The Morgan fingerprint density at radius 2 is 2.11 bits per heavy atom. The summed E-state index contributed by atoms with van der Waals surface area (Å²) in [5.74, 6) is 0.868. The van der Waals surface area contributed by atoms with E-state index in [0.717, 1.165) is 33.7 Å². The minimum Gasteiger partial charge on any atom is -0.445 e. The zero-order valence-corrected chi connectivity index (χ0v) is 16.5. The molecule has 0 amide bonds. The normalized spacial score (nSPS) is 12.3. The van der Waals surface area contributed by atoms with Gasteiger partial charge in [-0.3, -0.25) is 9.82 Å². The number of aromatic amines is 1. The van der Waals surface area contributed by atoms with Gasteiger partial charge in [-0.25, -0.2) is 4.21 Å². The van der Waals surface area contributed by atoms with Gasteiger partial charge in [0.2, 0.25) is 5.09 Å². The summed E-state index contributed by atoms with van der Waals surface area (Å²) in [7, 11) is -1.52. The number of aryl methyl sites for hydroxylation is 1. The van der Waals surface area contributed by atoms with Gasteiger partial charge in [-0.05, 0) is 36.2 Å². The first kappa shape index (κ1) is 18.2. The molecule has 4 rings (SSSR count). The van der Waals surface area contributed by atoms with Crippen LogP contribution < -0.4 is 4.72 Å². The summed E-state index contributed by atoms with van der Waals surface area (Å²) in [6.45, 7) is 0. The molecule has 0 saturated heterocycles. The van der Waals surface area contributed by atoms with Gasteiger partial charge in [-0.1, -0.05) is 29.8 Å². The molecule has 0 aliphatic heterocycles. The van der Waals surface area contributed by atoms with E-state index in [1.165, 1.54) is 0 Å². The summed E-state index contributed by atoms with van der Waals surface area (Å²) in [5, 5.41) is 8.65. The topological polar surface area (TPSA) is 70.9 Å². The molecule has 2 aromatic carbocycles. The lowest BCUT2D eigenvalue weighted by molar-refractivity contribution is 0.504. The average molecular weight is 418 g/mol. The number of nitrogens with zero attached hydrogens (tertiary/aromatic N) is 1. The van der Waals surface area contributed by atoms with Gasteiger partial charge < -0.3 is 4.42 Å². The van der Waals surface area contributed by atoms with Crippen LogP contribution >= 0.6 is 23.4 Å². The molecule has 1 unspecified atom stereocenters. The summed E-state index contributed by atoms with van der Waals surface area (Å²) in [6, 6.07) is 14.9. The second-order valence-electron chi connectivity index (χ2n) is 5.82. The van der Waals surface area contributed by atoms with Gasteiger partial charge >= 0.3 is 0 Å². The van der Waals surface area contributed by atoms with Crippen LogP contribution in [0.3, 0.4) is 0 Å². The van der Waals surface area contributed by atoms with E-state index < -0.39 is 11.0 Å². The Labute approximate surface area is 168 Å². The number of hydrogen-bond donors (Lipinski definition) is 2. The number of rotatable bonds is 7. The Kier molecular flexibility index (Phi) is 5.52. The lowest BCUT2D eigenvalue weighted by Gasteiger charge is -2.10. The smallest absolute Gasteiger partial charge is 0.212 e. The van der Waals surface area contributed by atoms with Crippen molar-refractivity contribution in [3.05, 3.63) is 71.5 Å². The maximum Gasteiger partial charge on any atom is 0.212 e. The highest BCUT2D eigenvalue weighted by Crippen LogP contribution is 2.32. The summed E-state index contributed by atoms with van der Waals surface area (Å²) in [4.78, 5) is 0.979. The van der Waals surface area contributed by atoms with Gasteiger partial charge in [-0.2, -0.15) is 5.10 Å². The van der Waals surface area contributed by atoms with Gasteiger partial charge in [-0.15, -0.1) is 11.8 Å². The molecule has 0 fully saturated rings. The molecule has 8 heteroatoms. The van der Waals surface area contributed by atoms with Gasteiger partial charge in [0.1, 0.15) is 5.58 Å². The number of furan rings is 1. The fourth-order valence-electron chi connectivity index (χ4n) is 2.60. The van der Waals surface area contributed by atoms with Crippen molar-refractivity contribution in [3.63, 3.8) is 0 Å². The van der Waals surface area contributed by atoms with Crippen LogP contribution in [0.15, 0.2) is 75.3 Å². The summed E-state index contributed by atoms with van der Waals surface area (Å²) in [6.07, 6.45) is 4.59. The van der Waals surface area contributed by atoms with Crippen molar-refractivity contribution in [3.8, 4) is 0 Å². The molecule has 0 spiro atoms. The lowest BCUT2D eigenvalue weighted by atomic mass is 10.3. The summed E-state index contributed by atoms with van der Waals surface area (Å²) in [5.41, 5.74) is 2.58. The molecule has 0 aliphatic carbocycles. The molecule has 2 heterocycles. The molecule has 0 radical (unpaired) electrons. The van der Waals surface area contributed by atoms with Crippen LogP contribution in [-0.4, -0.2) is 20.2 Å². The highest BCUT2D eigenvalue weighted by Gasteiger charge is 2.13. The van der Waals surface area contributed by atoms with Crippen molar-refractivity contribution in [1.82, 2.24) is 10.2 Å². The second-order valence-corrected chi connectivity index (χ2v) is 8.54. The quantitative estimate of drug-likeness (QED) is 0.401. The summed E-state index contributed by atoms with van der Waals surface area (Å²) >= 11 is 7.81. The second kappa shape index (κ2) is 8.21. The molecule has 0 aliphatic rings. The van der Waals surface area contributed by atoms with Crippen LogP contribution in [0.5, 0.6) is 0 Å². The van der Waals surface area contributed by atoms with E-state index in [9.17, 15) is 4.21 Å². The first-order chi connectivity index (χ1) is 13.2. The predicted octanol–water partition coefficient (Wildman–Crippen LogP) is 5.28. The maximum absolute atomic E-state index is 12.7. The monoisotopic (exact) mass is 417 g/mol. The number of nitrogens with one attached hydrogen (secondary N) is 2. The van der Waals surface area contributed by atoms with E-state index in [4.69, 9.17) is 16.0 Å². The molecule has 4 aromatic rings. The molecule has 0 bridgehead atoms. The van der Waals surface area contributed by atoms with Gasteiger partial charge in [0.05, 0.1) is 11.9 Å². The van der Waals surface area contributed by atoms with E-state index >= 15 is 0 Å². The highest BCUT2D eigenvalue weighted by atomic mass is 35.5. The molecular weight excluding hydrogens is 402 g/mol. The number of H-pyrrole nitrogens is 1. The van der Waals surface area contributed by atoms with Gasteiger partial charge in [0.15, 0.2) is 11.0 Å².